The number of rotatable bonds is 4. The smallest absolute Gasteiger partial charge is 0.338 e. The lowest BCUT2D eigenvalue weighted by Crippen LogP contribution is -2.06. The second-order valence-electron chi connectivity index (χ2n) is 5.93. The van der Waals surface area contributed by atoms with Crippen molar-refractivity contribution < 1.29 is 27.9 Å². The fourth-order valence-corrected chi connectivity index (χ4v) is 2.85. The molecule has 0 amide bonds. The van der Waals surface area contributed by atoms with Crippen LogP contribution in [0.4, 0.5) is 4.39 Å². The number of hydrogen-bond donors (Lipinski definition) is 0. The summed E-state index contributed by atoms with van der Waals surface area (Å²) in [7, 11) is 0. The van der Waals surface area contributed by atoms with Gasteiger partial charge < -0.3 is 18.7 Å². The van der Waals surface area contributed by atoms with Crippen molar-refractivity contribution >= 4 is 17.6 Å². The van der Waals surface area contributed by atoms with Crippen molar-refractivity contribution in [1.82, 2.24) is 10.1 Å². The Hall–Kier alpha value is -3.13. The highest BCUT2D eigenvalue weighted by Gasteiger charge is 2.20. The van der Waals surface area contributed by atoms with E-state index in [1.807, 2.05) is 0 Å². The molecule has 9 heteroatoms. The molecule has 0 fully saturated rings. The molecule has 7 nitrogen and oxygen atoms in total. The van der Waals surface area contributed by atoms with Crippen LogP contribution < -0.4 is 9.47 Å². The molecular formula is C19H14ClFN2O5. The number of aromatic nitrogens is 2. The van der Waals surface area contributed by atoms with Crippen LogP contribution >= 0.6 is 11.6 Å². The van der Waals surface area contributed by atoms with Crippen molar-refractivity contribution in [3.63, 3.8) is 0 Å². The standard InChI is InChI=1S/C19H14ClFN2O5/c20-14-8-12(9-15-17(14)26-7-1-6-25-15)19(24)27-10-16-22-18(23-28-16)11-2-4-13(21)5-3-11/h2-5,8-9H,1,6-7,10H2. The first-order valence-electron chi connectivity index (χ1n) is 8.45. The fraction of sp³-hybridized carbons (Fsp3) is 0.211. The van der Waals surface area contributed by atoms with E-state index in [0.29, 0.717) is 30.3 Å². The number of carbonyl (C=O) groups excluding carboxylic acids is 1. The van der Waals surface area contributed by atoms with Gasteiger partial charge in [-0.3, -0.25) is 0 Å². The number of hydrogen-bond acceptors (Lipinski definition) is 7. The summed E-state index contributed by atoms with van der Waals surface area (Å²) < 4.78 is 34.3. The van der Waals surface area contributed by atoms with E-state index in [2.05, 4.69) is 10.1 Å². The molecule has 0 saturated heterocycles. The Balaban J connectivity index is 1.44. The SMILES string of the molecule is O=C(OCc1nc(-c2ccc(F)cc2)no1)c1cc(Cl)c2c(c1)OCCCO2. The summed E-state index contributed by atoms with van der Waals surface area (Å²) in [5.41, 5.74) is 0.796. The molecule has 0 spiro atoms. The van der Waals surface area contributed by atoms with Gasteiger partial charge in [0.1, 0.15) is 5.82 Å². The van der Waals surface area contributed by atoms with Gasteiger partial charge in [0.15, 0.2) is 18.1 Å². The summed E-state index contributed by atoms with van der Waals surface area (Å²) in [6.45, 7) is 0.735. The number of benzene rings is 2. The second kappa shape index (κ2) is 7.85. The van der Waals surface area contributed by atoms with E-state index in [0.717, 1.165) is 6.42 Å². The zero-order chi connectivity index (χ0) is 19.5. The van der Waals surface area contributed by atoms with Gasteiger partial charge in [-0.1, -0.05) is 16.8 Å². The Labute approximate surface area is 164 Å². The van der Waals surface area contributed by atoms with Crippen molar-refractivity contribution in [1.29, 1.82) is 0 Å². The largest absolute Gasteiger partial charge is 0.489 e. The van der Waals surface area contributed by atoms with Gasteiger partial charge in [-0.2, -0.15) is 4.98 Å². The summed E-state index contributed by atoms with van der Waals surface area (Å²) in [6.07, 6.45) is 0.721. The highest BCUT2D eigenvalue weighted by atomic mass is 35.5. The van der Waals surface area contributed by atoms with E-state index >= 15 is 0 Å². The number of nitrogens with zero attached hydrogens (tertiary/aromatic N) is 2. The average Bonchev–Trinajstić information content (AvgIpc) is 3.03. The molecule has 1 aromatic heterocycles. The lowest BCUT2D eigenvalue weighted by atomic mass is 10.2. The predicted octanol–water partition coefficient (Wildman–Crippen LogP) is 4.05. The van der Waals surface area contributed by atoms with Crippen molar-refractivity contribution in [3.8, 4) is 22.9 Å². The first-order valence-corrected chi connectivity index (χ1v) is 8.83. The molecular weight excluding hydrogens is 391 g/mol. The molecule has 1 aliphatic rings. The highest BCUT2D eigenvalue weighted by Crippen LogP contribution is 2.38. The van der Waals surface area contributed by atoms with Gasteiger partial charge in [-0.05, 0) is 36.4 Å². The summed E-state index contributed by atoms with van der Waals surface area (Å²) in [6, 6.07) is 8.60. The quantitative estimate of drug-likeness (QED) is 0.606. The summed E-state index contributed by atoms with van der Waals surface area (Å²) in [5.74, 6) is 0.192. The van der Waals surface area contributed by atoms with Crippen LogP contribution in [0.15, 0.2) is 40.9 Å². The van der Waals surface area contributed by atoms with Crippen LogP contribution in [0, 0.1) is 5.82 Å². The van der Waals surface area contributed by atoms with Crippen LogP contribution in [0.1, 0.15) is 22.7 Å². The van der Waals surface area contributed by atoms with E-state index in [-0.39, 0.29) is 34.7 Å². The van der Waals surface area contributed by atoms with Gasteiger partial charge >= 0.3 is 5.97 Å². The molecule has 2 heterocycles. The topological polar surface area (TPSA) is 83.7 Å². The molecule has 0 unspecified atom stereocenters. The zero-order valence-electron chi connectivity index (χ0n) is 14.5. The van der Waals surface area contributed by atoms with Gasteiger partial charge in [0.2, 0.25) is 5.82 Å². The zero-order valence-corrected chi connectivity index (χ0v) is 15.2. The third kappa shape index (κ3) is 3.91. The monoisotopic (exact) mass is 404 g/mol. The van der Waals surface area contributed by atoms with E-state index in [1.54, 1.807) is 0 Å². The molecule has 28 heavy (non-hydrogen) atoms. The molecule has 3 aromatic rings. The van der Waals surface area contributed by atoms with Crippen LogP contribution in [-0.4, -0.2) is 29.3 Å². The second-order valence-corrected chi connectivity index (χ2v) is 6.34. The number of fused-ring (bicyclic) bond motifs is 1. The summed E-state index contributed by atoms with van der Waals surface area (Å²) in [4.78, 5) is 16.5. The fourth-order valence-electron chi connectivity index (χ4n) is 2.59. The van der Waals surface area contributed by atoms with Gasteiger partial charge in [-0.25, -0.2) is 9.18 Å². The molecule has 1 aliphatic heterocycles. The first kappa shape index (κ1) is 18.2. The van der Waals surface area contributed by atoms with Crippen LogP contribution in [0.25, 0.3) is 11.4 Å². The maximum atomic E-state index is 13.0. The molecule has 0 bridgehead atoms. The minimum atomic E-state index is -0.626. The van der Waals surface area contributed by atoms with Gasteiger partial charge in [-0.15, -0.1) is 0 Å². The molecule has 0 aliphatic carbocycles. The van der Waals surface area contributed by atoms with E-state index in [4.69, 9.17) is 30.3 Å². The maximum Gasteiger partial charge on any atom is 0.338 e. The molecule has 144 valence electrons. The van der Waals surface area contributed by atoms with Gasteiger partial charge in [0.05, 0.1) is 23.8 Å². The molecule has 0 atom stereocenters. The number of esters is 1. The summed E-state index contributed by atoms with van der Waals surface area (Å²) in [5, 5.41) is 4.06. The van der Waals surface area contributed by atoms with E-state index < -0.39 is 5.97 Å². The molecule has 2 aromatic carbocycles. The Kier molecular flexibility index (Phi) is 5.12. The van der Waals surface area contributed by atoms with Crippen LogP contribution in [0.5, 0.6) is 11.5 Å². The van der Waals surface area contributed by atoms with Gasteiger partial charge in [0, 0.05) is 12.0 Å². The van der Waals surface area contributed by atoms with E-state index in [1.165, 1.54) is 36.4 Å². The van der Waals surface area contributed by atoms with Crippen molar-refractivity contribution in [2.24, 2.45) is 0 Å². The van der Waals surface area contributed by atoms with Gasteiger partial charge in [0.25, 0.3) is 5.89 Å². The first-order chi connectivity index (χ1) is 13.6. The van der Waals surface area contributed by atoms with Crippen molar-refractivity contribution in [2.45, 2.75) is 13.0 Å². The maximum absolute atomic E-state index is 13.0. The molecule has 4 rings (SSSR count). The Morgan fingerprint density at radius 1 is 1.18 bits per heavy atom. The van der Waals surface area contributed by atoms with E-state index in [9.17, 15) is 9.18 Å². The van der Waals surface area contributed by atoms with Crippen LogP contribution in [0.2, 0.25) is 5.02 Å². The van der Waals surface area contributed by atoms with Crippen molar-refractivity contribution in [3.05, 3.63) is 58.7 Å². The van der Waals surface area contributed by atoms with Crippen molar-refractivity contribution in [2.75, 3.05) is 13.2 Å². The Morgan fingerprint density at radius 2 is 1.96 bits per heavy atom. The van der Waals surface area contributed by atoms with Crippen LogP contribution in [0.3, 0.4) is 0 Å². The van der Waals surface area contributed by atoms with Crippen LogP contribution in [-0.2, 0) is 11.3 Å². The number of halogens is 2. The highest BCUT2D eigenvalue weighted by molar-refractivity contribution is 6.32. The third-order valence-electron chi connectivity index (χ3n) is 3.94. The Morgan fingerprint density at radius 3 is 2.79 bits per heavy atom. The molecule has 0 radical (unpaired) electrons. The Bertz CT molecular complexity index is 1010. The minimum Gasteiger partial charge on any atom is -0.489 e. The number of ether oxygens (including phenoxy) is 3. The third-order valence-corrected chi connectivity index (χ3v) is 4.22. The normalized spacial score (nSPS) is 13.1. The lowest BCUT2D eigenvalue weighted by molar-refractivity contribution is 0.0429. The minimum absolute atomic E-state index is 0.105. The molecule has 0 saturated carbocycles. The molecule has 0 N–H and O–H groups in total. The summed E-state index contributed by atoms with van der Waals surface area (Å²) >= 11 is 6.18. The number of carbonyl (C=O) groups is 1. The average molecular weight is 405 g/mol. The predicted molar refractivity (Wildman–Crippen MR) is 95.9 cm³/mol. The lowest BCUT2D eigenvalue weighted by Gasteiger charge is -2.11.